The monoisotopic (exact) mass is 358 g/mol. The van der Waals surface area contributed by atoms with Gasteiger partial charge in [0.05, 0.1) is 16.6 Å². The van der Waals surface area contributed by atoms with Crippen LogP contribution in [0.1, 0.15) is 21.5 Å². The van der Waals surface area contributed by atoms with Crippen LogP contribution < -0.4 is 5.32 Å². The van der Waals surface area contributed by atoms with E-state index in [1.54, 1.807) is 24.4 Å². The number of benzene rings is 2. The molecule has 0 radical (unpaired) electrons. The van der Waals surface area contributed by atoms with E-state index in [1.807, 2.05) is 18.2 Å². The first-order valence-electron chi connectivity index (χ1n) is 8.57. The van der Waals surface area contributed by atoms with Gasteiger partial charge in [-0.3, -0.25) is 0 Å². The normalized spacial score (nSPS) is 10.9. The van der Waals surface area contributed by atoms with Crippen LogP contribution in [0, 0.1) is 6.92 Å². The predicted molar refractivity (Wildman–Crippen MR) is 105 cm³/mol. The van der Waals surface area contributed by atoms with Crippen molar-refractivity contribution in [3.8, 4) is 11.4 Å². The van der Waals surface area contributed by atoms with Crippen molar-refractivity contribution in [2.24, 2.45) is 0 Å². The molecule has 0 saturated heterocycles. The first kappa shape index (κ1) is 16.8. The van der Waals surface area contributed by atoms with E-state index in [1.165, 1.54) is 11.1 Å². The number of H-pyrrole nitrogens is 1. The van der Waals surface area contributed by atoms with Gasteiger partial charge in [-0.1, -0.05) is 29.8 Å². The molecule has 3 N–H and O–H groups in total. The molecule has 6 heteroatoms. The van der Waals surface area contributed by atoms with Gasteiger partial charge in [0.1, 0.15) is 11.6 Å². The van der Waals surface area contributed by atoms with Gasteiger partial charge in [-0.05, 0) is 42.8 Å². The largest absolute Gasteiger partial charge is 0.478 e. The Morgan fingerprint density at radius 2 is 2.04 bits per heavy atom. The minimum absolute atomic E-state index is 0.228. The van der Waals surface area contributed by atoms with E-state index in [-0.39, 0.29) is 5.56 Å². The average molecular weight is 358 g/mol. The Kier molecular flexibility index (Phi) is 4.30. The number of aryl methyl sites for hydroxylation is 1. The lowest BCUT2D eigenvalue weighted by molar-refractivity contribution is 0.0697. The quantitative estimate of drug-likeness (QED) is 0.496. The number of aromatic nitrogens is 3. The first-order valence-corrected chi connectivity index (χ1v) is 8.57. The van der Waals surface area contributed by atoms with Crippen molar-refractivity contribution in [3.05, 3.63) is 77.5 Å². The molecule has 0 amide bonds. The number of rotatable bonds is 5. The number of carboxylic acids is 1. The van der Waals surface area contributed by atoms with Gasteiger partial charge < -0.3 is 15.4 Å². The van der Waals surface area contributed by atoms with Crippen LogP contribution in [-0.4, -0.2) is 26.0 Å². The number of pyridine rings is 1. The molecule has 0 bridgehead atoms. The van der Waals surface area contributed by atoms with Crippen LogP contribution in [0.4, 0.5) is 5.82 Å². The fraction of sp³-hybridized carbons (Fsp3) is 0.0952. The standard InChI is InChI=1S/C21H18N4O2/c1-13-3-2-4-14(9-13)11-22-19-8-6-16(12-23-19)20-24-17-7-5-15(21(26)27)10-18(17)25-20/h2-10,12H,11H2,1H3,(H,22,23)(H,24,25)(H,26,27). The fourth-order valence-electron chi connectivity index (χ4n) is 2.93. The number of hydrogen-bond donors (Lipinski definition) is 3. The first-order chi connectivity index (χ1) is 13.1. The van der Waals surface area contributed by atoms with E-state index >= 15 is 0 Å². The molecule has 27 heavy (non-hydrogen) atoms. The van der Waals surface area contributed by atoms with Crippen molar-refractivity contribution in [1.82, 2.24) is 15.0 Å². The summed E-state index contributed by atoms with van der Waals surface area (Å²) >= 11 is 0. The Balaban J connectivity index is 1.51. The van der Waals surface area contributed by atoms with Gasteiger partial charge in [0.2, 0.25) is 0 Å². The lowest BCUT2D eigenvalue weighted by atomic mass is 10.1. The second kappa shape index (κ2) is 6.92. The molecule has 0 aliphatic heterocycles. The molecule has 2 aromatic heterocycles. The molecule has 2 heterocycles. The van der Waals surface area contributed by atoms with Gasteiger partial charge in [-0.2, -0.15) is 0 Å². The summed E-state index contributed by atoms with van der Waals surface area (Å²) in [5, 5.41) is 12.4. The molecule has 0 aliphatic carbocycles. The lowest BCUT2D eigenvalue weighted by Gasteiger charge is -2.07. The number of nitrogens with zero attached hydrogens (tertiary/aromatic N) is 2. The molecule has 4 aromatic rings. The maximum Gasteiger partial charge on any atom is 0.335 e. The van der Waals surface area contributed by atoms with Gasteiger partial charge >= 0.3 is 5.97 Å². The average Bonchev–Trinajstić information content (AvgIpc) is 3.10. The van der Waals surface area contributed by atoms with Crippen LogP contribution in [0.2, 0.25) is 0 Å². The highest BCUT2D eigenvalue weighted by Crippen LogP contribution is 2.22. The van der Waals surface area contributed by atoms with E-state index in [4.69, 9.17) is 5.11 Å². The zero-order valence-electron chi connectivity index (χ0n) is 14.7. The maximum absolute atomic E-state index is 11.1. The topological polar surface area (TPSA) is 90.9 Å². The van der Waals surface area contributed by atoms with Gasteiger partial charge in [0, 0.05) is 18.3 Å². The second-order valence-electron chi connectivity index (χ2n) is 6.40. The summed E-state index contributed by atoms with van der Waals surface area (Å²) in [6, 6.07) is 17.0. The third-order valence-electron chi connectivity index (χ3n) is 4.32. The van der Waals surface area contributed by atoms with E-state index in [9.17, 15) is 4.79 Å². The summed E-state index contributed by atoms with van der Waals surface area (Å²) in [5.41, 5.74) is 4.90. The molecule has 134 valence electrons. The lowest BCUT2D eigenvalue weighted by Crippen LogP contribution is -2.01. The Hall–Kier alpha value is -3.67. The number of hydrogen-bond acceptors (Lipinski definition) is 4. The number of fused-ring (bicyclic) bond motifs is 1. The Morgan fingerprint density at radius 1 is 1.15 bits per heavy atom. The van der Waals surface area contributed by atoms with Gasteiger partial charge in [0.25, 0.3) is 0 Å². The number of carbonyl (C=O) groups is 1. The highest BCUT2D eigenvalue weighted by Gasteiger charge is 2.09. The minimum atomic E-state index is -0.959. The molecule has 0 aliphatic rings. The van der Waals surface area contributed by atoms with Crippen LogP contribution in [0.5, 0.6) is 0 Å². The molecule has 0 unspecified atom stereocenters. The van der Waals surface area contributed by atoms with Crippen molar-refractivity contribution in [2.45, 2.75) is 13.5 Å². The molecule has 4 rings (SSSR count). The van der Waals surface area contributed by atoms with Crippen LogP contribution in [0.15, 0.2) is 60.8 Å². The van der Waals surface area contributed by atoms with E-state index < -0.39 is 5.97 Å². The van der Waals surface area contributed by atoms with Crippen LogP contribution >= 0.6 is 0 Å². The molecule has 0 atom stereocenters. The summed E-state index contributed by atoms with van der Waals surface area (Å²) in [4.78, 5) is 23.2. The van der Waals surface area contributed by atoms with E-state index in [0.29, 0.717) is 17.9 Å². The molecule has 0 fully saturated rings. The molecule has 2 aromatic carbocycles. The van der Waals surface area contributed by atoms with Gasteiger partial charge in [-0.25, -0.2) is 14.8 Å². The summed E-state index contributed by atoms with van der Waals surface area (Å²) in [7, 11) is 0. The molecule has 0 spiro atoms. The summed E-state index contributed by atoms with van der Waals surface area (Å²) in [5.74, 6) is 0.480. The molecular weight excluding hydrogens is 340 g/mol. The molecule has 6 nitrogen and oxygen atoms in total. The summed E-state index contributed by atoms with van der Waals surface area (Å²) < 4.78 is 0. The minimum Gasteiger partial charge on any atom is -0.478 e. The SMILES string of the molecule is Cc1cccc(CNc2ccc(-c3nc4ccc(C(=O)O)cc4[nH]3)cn2)c1. The van der Waals surface area contributed by atoms with Crippen molar-refractivity contribution in [1.29, 1.82) is 0 Å². The number of nitrogens with one attached hydrogen (secondary N) is 2. The van der Waals surface area contributed by atoms with E-state index in [2.05, 4.69) is 45.4 Å². The fourth-order valence-corrected chi connectivity index (χ4v) is 2.93. The van der Waals surface area contributed by atoms with Crippen LogP contribution in [-0.2, 0) is 6.54 Å². The van der Waals surface area contributed by atoms with Gasteiger partial charge in [0.15, 0.2) is 0 Å². The van der Waals surface area contributed by atoms with Gasteiger partial charge in [-0.15, -0.1) is 0 Å². The Bertz CT molecular complexity index is 1120. The van der Waals surface area contributed by atoms with Crippen LogP contribution in [0.3, 0.4) is 0 Å². The summed E-state index contributed by atoms with van der Waals surface area (Å²) in [6.45, 7) is 2.78. The third-order valence-corrected chi connectivity index (χ3v) is 4.32. The number of anilines is 1. The molecular formula is C21H18N4O2. The van der Waals surface area contributed by atoms with Crippen LogP contribution in [0.25, 0.3) is 22.4 Å². The second-order valence-corrected chi connectivity index (χ2v) is 6.40. The van der Waals surface area contributed by atoms with E-state index in [0.717, 1.165) is 16.9 Å². The zero-order chi connectivity index (χ0) is 18.8. The van der Waals surface area contributed by atoms with Crippen molar-refractivity contribution >= 4 is 22.8 Å². The molecule has 0 saturated carbocycles. The smallest absolute Gasteiger partial charge is 0.335 e. The zero-order valence-corrected chi connectivity index (χ0v) is 14.7. The highest BCUT2D eigenvalue weighted by atomic mass is 16.4. The third kappa shape index (κ3) is 3.64. The maximum atomic E-state index is 11.1. The van der Waals surface area contributed by atoms with Crippen molar-refractivity contribution < 1.29 is 9.90 Å². The van der Waals surface area contributed by atoms with Crippen molar-refractivity contribution in [2.75, 3.05) is 5.32 Å². The van der Waals surface area contributed by atoms with Crippen molar-refractivity contribution in [3.63, 3.8) is 0 Å². The Morgan fingerprint density at radius 3 is 2.78 bits per heavy atom. The Labute approximate surface area is 155 Å². The highest BCUT2D eigenvalue weighted by molar-refractivity contribution is 5.93. The summed E-state index contributed by atoms with van der Waals surface area (Å²) in [6.07, 6.45) is 1.74. The number of imidazole rings is 1. The predicted octanol–water partition coefficient (Wildman–Crippen LogP) is 4.24. The number of aromatic carboxylic acids is 1. The number of carboxylic acid groups (broad SMARTS) is 1. The number of aromatic amines is 1.